The molecular formula is C21H22N2O2S. The molecule has 26 heavy (non-hydrogen) atoms. The van der Waals surface area contributed by atoms with Gasteiger partial charge in [0.05, 0.1) is 12.4 Å². The lowest BCUT2D eigenvalue weighted by Crippen LogP contribution is -2.27. The van der Waals surface area contributed by atoms with Crippen LogP contribution in [-0.4, -0.2) is 29.8 Å². The molecule has 0 saturated heterocycles. The van der Waals surface area contributed by atoms with E-state index in [4.69, 9.17) is 4.74 Å². The summed E-state index contributed by atoms with van der Waals surface area (Å²) < 4.78 is 5.83. The minimum Gasteiger partial charge on any atom is -0.491 e. The lowest BCUT2D eigenvalue weighted by Gasteiger charge is -2.09. The zero-order valence-corrected chi connectivity index (χ0v) is 15.6. The number of hydrogen-bond acceptors (Lipinski definition) is 4. The Hall–Kier alpha value is -2.53. The van der Waals surface area contributed by atoms with Gasteiger partial charge < -0.3 is 10.1 Å². The first-order valence-corrected chi connectivity index (χ1v) is 9.64. The summed E-state index contributed by atoms with van der Waals surface area (Å²) in [7, 11) is 0. The van der Waals surface area contributed by atoms with E-state index in [9.17, 15) is 4.79 Å². The van der Waals surface area contributed by atoms with Crippen molar-refractivity contribution < 1.29 is 9.53 Å². The molecule has 0 aliphatic heterocycles. The summed E-state index contributed by atoms with van der Waals surface area (Å²) in [6.07, 6.45) is 2.52. The minimum absolute atomic E-state index is 0.0464. The zero-order chi connectivity index (χ0) is 18.2. The van der Waals surface area contributed by atoms with Crippen molar-refractivity contribution >= 4 is 28.6 Å². The van der Waals surface area contributed by atoms with Crippen molar-refractivity contribution in [2.75, 3.05) is 18.9 Å². The van der Waals surface area contributed by atoms with Gasteiger partial charge in [-0.25, -0.2) is 0 Å². The molecule has 2 aromatic carbocycles. The van der Waals surface area contributed by atoms with Crippen molar-refractivity contribution in [3.05, 3.63) is 66.4 Å². The Balaban J connectivity index is 1.37. The number of nitrogens with zero attached hydrogens (tertiary/aromatic N) is 1. The van der Waals surface area contributed by atoms with Gasteiger partial charge >= 0.3 is 0 Å². The van der Waals surface area contributed by atoms with Crippen LogP contribution in [0.15, 0.2) is 65.7 Å². The Morgan fingerprint density at radius 2 is 1.96 bits per heavy atom. The van der Waals surface area contributed by atoms with Gasteiger partial charge in [-0.15, -0.1) is 11.8 Å². The summed E-state index contributed by atoms with van der Waals surface area (Å²) in [5, 5.41) is 4.00. The first-order chi connectivity index (χ1) is 12.7. The van der Waals surface area contributed by atoms with Crippen LogP contribution in [0.3, 0.4) is 0 Å². The van der Waals surface area contributed by atoms with E-state index in [1.807, 2.05) is 48.5 Å². The van der Waals surface area contributed by atoms with E-state index >= 15 is 0 Å². The number of carbonyl (C=O) groups excluding carboxylic acids is 1. The molecule has 0 spiro atoms. The largest absolute Gasteiger partial charge is 0.491 e. The number of aromatic nitrogens is 1. The number of para-hydroxylation sites is 1. The van der Waals surface area contributed by atoms with Crippen LogP contribution in [0.1, 0.15) is 12.0 Å². The van der Waals surface area contributed by atoms with Crippen LogP contribution in [0.25, 0.3) is 10.9 Å². The molecule has 0 saturated carbocycles. The number of ether oxygens (including phenoxy) is 1. The maximum absolute atomic E-state index is 12.0. The summed E-state index contributed by atoms with van der Waals surface area (Å²) in [4.78, 5) is 17.5. The fourth-order valence-corrected chi connectivity index (χ4v) is 3.45. The van der Waals surface area contributed by atoms with E-state index in [1.54, 1.807) is 18.0 Å². The molecule has 0 aliphatic carbocycles. The first-order valence-electron chi connectivity index (χ1n) is 8.66. The van der Waals surface area contributed by atoms with Crippen LogP contribution >= 0.6 is 11.8 Å². The monoisotopic (exact) mass is 366 g/mol. The smallest absolute Gasteiger partial charge is 0.230 e. The number of carbonyl (C=O) groups is 1. The first kappa shape index (κ1) is 18.3. The maximum Gasteiger partial charge on any atom is 0.230 e. The molecule has 1 heterocycles. The Morgan fingerprint density at radius 3 is 2.85 bits per heavy atom. The number of hydrogen-bond donors (Lipinski definition) is 1. The molecule has 0 unspecified atom stereocenters. The highest BCUT2D eigenvalue weighted by Crippen LogP contribution is 2.23. The van der Waals surface area contributed by atoms with Crippen molar-refractivity contribution in [1.82, 2.24) is 10.3 Å². The highest BCUT2D eigenvalue weighted by Gasteiger charge is 2.05. The highest BCUT2D eigenvalue weighted by molar-refractivity contribution is 8.00. The third-order valence-corrected chi connectivity index (χ3v) is 5.12. The molecule has 1 amide bonds. The number of pyridine rings is 1. The molecule has 1 aromatic heterocycles. The predicted octanol–water partition coefficient (Wildman–Crippen LogP) is 4.22. The molecule has 3 rings (SSSR count). The Morgan fingerprint density at radius 1 is 1.12 bits per heavy atom. The van der Waals surface area contributed by atoms with Crippen molar-refractivity contribution in [1.29, 1.82) is 0 Å². The van der Waals surface area contributed by atoms with Crippen LogP contribution < -0.4 is 10.1 Å². The topological polar surface area (TPSA) is 51.2 Å². The number of fused-ring (bicyclic) bond motifs is 1. The van der Waals surface area contributed by atoms with Crippen molar-refractivity contribution in [3.8, 4) is 5.75 Å². The van der Waals surface area contributed by atoms with E-state index in [2.05, 4.69) is 23.3 Å². The summed E-state index contributed by atoms with van der Waals surface area (Å²) in [6, 6.07) is 17.9. The lowest BCUT2D eigenvalue weighted by molar-refractivity contribution is -0.118. The Bertz CT molecular complexity index is 877. The van der Waals surface area contributed by atoms with Crippen LogP contribution in [-0.2, 0) is 4.79 Å². The lowest BCUT2D eigenvalue weighted by atomic mass is 10.2. The number of nitrogens with one attached hydrogen (secondary N) is 1. The SMILES string of the molecule is Cc1ccccc1SCC(=O)NCCCOc1cccc2cccnc12. The van der Waals surface area contributed by atoms with Gasteiger partial charge in [-0.05, 0) is 37.1 Å². The summed E-state index contributed by atoms with van der Waals surface area (Å²) in [6.45, 7) is 3.20. The van der Waals surface area contributed by atoms with Crippen molar-refractivity contribution in [3.63, 3.8) is 0 Å². The fraction of sp³-hybridized carbons (Fsp3) is 0.238. The normalized spacial score (nSPS) is 10.7. The Labute approximate surface area is 158 Å². The van der Waals surface area contributed by atoms with E-state index < -0.39 is 0 Å². The van der Waals surface area contributed by atoms with E-state index in [0.717, 1.165) is 28.0 Å². The number of amides is 1. The second-order valence-electron chi connectivity index (χ2n) is 5.94. The van der Waals surface area contributed by atoms with Gasteiger partial charge in [-0.1, -0.05) is 36.4 Å². The number of rotatable bonds is 8. The number of thioether (sulfide) groups is 1. The second kappa shape index (κ2) is 9.25. The fourth-order valence-electron chi connectivity index (χ4n) is 2.59. The van der Waals surface area contributed by atoms with Gasteiger partial charge in [0.25, 0.3) is 0 Å². The van der Waals surface area contributed by atoms with E-state index in [0.29, 0.717) is 18.9 Å². The molecule has 134 valence electrons. The average molecular weight is 366 g/mol. The standard InChI is InChI=1S/C21H22N2O2S/c1-16-7-2-3-11-19(16)26-15-20(24)22-13-6-14-25-18-10-4-8-17-9-5-12-23-21(17)18/h2-5,7-12H,6,13-15H2,1H3,(H,22,24). The molecular weight excluding hydrogens is 344 g/mol. The number of aryl methyl sites for hydroxylation is 1. The van der Waals surface area contributed by atoms with Crippen molar-refractivity contribution in [2.24, 2.45) is 0 Å². The average Bonchev–Trinajstić information content (AvgIpc) is 2.67. The van der Waals surface area contributed by atoms with Gasteiger partial charge in [0.15, 0.2) is 0 Å². The maximum atomic E-state index is 12.0. The molecule has 5 heteroatoms. The predicted molar refractivity (Wildman–Crippen MR) is 107 cm³/mol. The van der Waals surface area contributed by atoms with Gasteiger partial charge in [-0.2, -0.15) is 0 Å². The molecule has 0 atom stereocenters. The van der Waals surface area contributed by atoms with Gasteiger partial charge in [-0.3, -0.25) is 9.78 Å². The van der Waals surface area contributed by atoms with Crippen LogP contribution in [0.4, 0.5) is 0 Å². The highest BCUT2D eigenvalue weighted by atomic mass is 32.2. The summed E-state index contributed by atoms with van der Waals surface area (Å²) in [5.74, 6) is 1.26. The van der Waals surface area contributed by atoms with Crippen LogP contribution in [0.5, 0.6) is 5.75 Å². The quantitative estimate of drug-likeness (QED) is 0.479. The molecule has 4 nitrogen and oxygen atoms in total. The summed E-state index contributed by atoms with van der Waals surface area (Å²) >= 11 is 1.57. The molecule has 0 fully saturated rings. The summed E-state index contributed by atoms with van der Waals surface area (Å²) in [5.41, 5.74) is 2.07. The van der Waals surface area contributed by atoms with Gasteiger partial charge in [0.1, 0.15) is 11.3 Å². The van der Waals surface area contributed by atoms with E-state index in [-0.39, 0.29) is 5.91 Å². The molecule has 1 N–H and O–H groups in total. The van der Waals surface area contributed by atoms with Crippen molar-refractivity contribution in [2.45, 2.75) is 18.2 Å². The number of benzene rings is 2. The second-order valence-corrected chi connectivity index (χ2v) is 6.95. The van der Waals surface area contributed by atoms with Gasteiger partial charge in [0, 0.05) is 23.0 Å². The third-order valence-electron chi connectivity index (χ3n) is 3.95. The molecule has 0 aliphatic rings. The zero-order valence-electron chi connectivity index (χ0n) is 14.8. The van der Waals surface area contributed by atoms with Gasteiger partial charge in [0.2, 0.25) is 5.91 Å². The molecule has 0 radical (unpaired) electrons. The molecule has 3 aromatic rings. The van der Waals surface area contributed by atoms with Crippen LogP contribution in [0.2, 0.25) is 0 Å². The van der Waals surface area contributed by atoms with E-state index in [1.165, 1.54) is 5.56 Å². The third kappa shape index (κ3) is 4.99. The molecule has 0 bridgehead atoms. The van der Waals surface area contributed by atoms with Crippen LogP contribution in [0, 0.1) is 6.92 Å². The Kier molecular flexibility index (Phi) is 6.50. The minimum atomic E-state index is 0.0464.